The first-order valence-electron chi connectivity index (χ1n) is 9.90. The number of carbonyl (C=O) groups excluding carboxylic acids is 2. The zero-order valence-electron chi connectivity index (χ0n) is 15.6. The van der Waals surface area contributed by atoms with E-state index in [9.17, 15) is 9.59 Å². The maximum atomic E-state index is 12.8. The monoisotopic (exact) mass is 352 g/mol. The molecule has 3 aliphatic rings. The molecule has 142 valence electrons. The lowest BCUT2D eigenvalue weighted by atomic mass is 9.80. The third-order valence-electron chi connectivity index (χ3n) is 6.10. The predicted octanol–water partition coefficient (Wildman–Crippen LogP) is 2.07. The van der Waals surface area contributed by atoms with Gasteiger partial charge in [0.05, 0.1) is 13.2 Å². The standard InChI is InChI=1S/C19H32N2O4/c1-3-14(2)20-17(22)15-4-6-16(7-5-15)18(23)21-10-8-19(9-11-21)24-12-13-25-19/h14-16H,3-13H2,1-2H3,(H,20,22). The molecule has 2 saturated heterocycles. The van der Waals surface area contributed by atoms with Crippen LogP contribution in [0, 0.1) is 11.8 Å². The van der Waals surface area contributed by atoms with Crippen LogP contribution in [-0.4, -0.2) is 54.8 Å². The number of piperidine rings is 1. The van der Waals surface area contributed by atoms with Gasteiger partial charge in [-0.15, -0.1) is 0 Å². The van der Waals surface area contributed by atoms with Crippen LogP contribution in [-0.2, 0) is 19.1 Å². The highest BCUT2D eigenvalue weighted by atomic mass is 16.7. The summed E-state index contributed by atoms with van der Waals surface area (Å²) in [5.41, 5.74) is 0. The van der Waals surface area contributed by atoms with E-state index >= 15 is 0 Å². The third-order valence-corrected chi connectivity index (χ3v) is 6.10. The fourth-order valence-corrected chi connectivity index (χ4v) is 4.18. The van der Waals surface area contributed by atoms with E-state index in [-0.39, 0.29) is 29.7 Å². The van der Waals surface area contributed by atoms with Crippen LogP contribution in [0.4, 0.5) is 0 Å². The molecule has 1 saturated carbocycles. The molecule has 25 heavy (non-hydrogen) atoms. The summed E-state index contributed by atoms with van der Waals surface area (Å²) in [5.74, 6) is 0.141. The molecular formula is C19H32N2O4. The van der Waals surface area contributed by atoms with Crippen molar-refractivity contribution in [2.45, 2.75) is 70.6 Å². The van der Waals surface area contributed by atoms with Crippen molar-refractivity contribution in [3.63, 3.8) is 0 Å². The second-order valence-electron chi connectivity index (χ2n) is 7.80. The molecule has 1 unspecified atom stereocenters. The Labute approximate surface area is 150 Å². The number of rotatable bonds is 4. The van der Waals surface area contributed by atoms with Crippen molar-refractivity contribution in [1.29, 1.82) is 0 Å². The highest BCUT2D eigenvalue weighted by Crippen LogP contribution is 2.34. The number of hydrogen-bond donors (Lipinski definition) is 1. The Bertz CT molecular complexity index is 472. The number of nitrogens with zero attached hydrogens (tertiary/aromatic N) is 1. The minimum Gasteiger partial charge on any atom is -0.353 e. The minimum absolute atomic E-state index is 0.0722. The van der Waals surface area contributed by atoms with Crippen molar-refractivity contribution in [2.75, 3.05) is 26.3 Å². The highest BCUT2D eigenvalue weighted by Gasteiger charge is 2.42. The first kappa shape index (κ1) is 18.6. The number of ether oxygens (including phenoxy) is 2. The molecule has 3 rings (SSSR count). The number of likely N-dealkylation sites (tertiary alicyclic amines) is 1. The summed E-state index contributed by atoms with van der Waals surface area (Å²) in [6.45, 7) is 6.87. The molecule has 1 spiro atoms. The van der Waals surface area contributed by atoms with E-state index in [1.165, 1.54) is 0 Å². The lowest BCUT2D eigenvalue weighted by Gasteiger charge is -2.39. The van der Waals surface area contributed by atoms with Crippen LogP contribution in [0.1, 0.15) is 58.8 Å². The van der Waals surface area contributed by atoms with Crippen molar-refractivity contribution in [3.05, 3.63) is 0 Å². The largest absolute Gasteiger partial charge is 0.353 e. The molecular weight excluding hydrogens is 320 g/mol. The van der Waals surface area contributed by atoms with Gasteiger partial charge in [0.2, 0.25) is 11.8 Å². The van der Waals surface area contributed by atoms with Crippen molar-refractivity contribution in [3.8, 4) is 0 Å². The molecule has 6 heteroatoms. The van der Waals surface area contributed by atoms with Crippen molar-refractivity contribution >= 4 is 11.8 Å². The van der Waals surface area contributed by atoms with Crippen LogP contribution in [0.5, 0.6) is 0 Å². The first-order valence-corrected chi connectivity index (χ1v) is 9.90. The number of carbonyl (C=O) groups is 2. The number of hydrogen-bond acceptors (Lipinski definition) is 4. The molecule has 0 aromatic carbocycles. The average molecular weight is 352 g/mol. The average Bonchev–Trinajstić information content (AvgIpc) is 3.09. The Morgan fingerprint density at radius 1 is 1.08 bits per heavy atom. The van der Waals surface area contributed by atoms with E-state index in [1.807, 2.05) is 11.8 Å². The van der Waals surface area contributed by atoms with E-state index in [4.69, 9.17) is 9.47 Å². The van der Waals surface area contributed by atoms with Crippen LogP contribution in [0.3, 0.4) is 0 Å². The van der Waals surface area contributed by atoms with E-state index in [0.29, 0.717) is 26.3 Å². The summed E-state index contributed by atoms with van der Waals surface area (Å²) >= 11 is 0. The fourth-order valence-electron chi connectivity index (χ4n) is 4.18. The molecule has 0 aromatic rings. The number of amides is 2. The predicted molar refractivity (Wildman–Crippen MR) is 93.8 cm³/mol. The molecule has 3 fully saturated rings. The summed E-state index contributed by atoms with van der Waals surface area (Å²) in [4.78, 5) is 27.0. The van der Waals surface area contributed by atoms with E-state index in [0.717, 1.165) is 44.9 Å². The Morgan fingerprint density at radius 2 is 1.64 bits per heavy atom. The van der Waals surface area contributed by atoms with Gasteiger partial charge >= 0.3 is 0 Å². The third kappa shape index (κ3) is 4.34. The summed E-state index contributed by atoms with van der Waals surface area (Å²) in [7, 11) is 0. The summed E-state index contributed by atoms with van der Waals surface area (Å²) in [6, 6.07) is 0.229. The van der Waals surface area contributed by atoms with Gasteiger partial charge in [0.15, 0.2) is 5.79 Å². The van der Waals surface area contributed by atoms with Gasteiger partial charge in [0.25, 0.3) is 0 Å². The molecule has 2 amide bonds. The van der Waals surface area contributed by atoms with Crippen LogP contribution < -0.4 is 5.32 Å². The van der Waals surface area contributed by atoms with Gasteiger partial charge in [0.1, 0.15) is 0 Å². The van der Waals surface area contributed by atoms with Gasteiger partial charge < -0.3 is 19.7 Å². The Balaban J connectivity index is 1.43. The quantitative estimate of drug-likeness (QED) is 0.841. The first-order chi connectivity index (χ1) is 12.0. The minimum atomic E-state index is -0.428. The lowest BCUT2D eigenvalue weighted by molar-refractivity contribution is -0.188. The molecule has 1 atom stereocenters. The molecule has 6 nitrogen and oxygen atoms in total. The van der Waals surface area contributed by atoms with Crippen LogP contribution in [0.15, 0.2) is 0 Å². The normalized spacial score (nSPS) is 30.2. The Morgan fingerprint density at radius 3 is 2.20 bits per heavy atom. The Hall–Kier alpha value is -1.14. The number of nitrogens with one attached hydrogen (secondary N) is 1. The summed E-state index contributed by atoms with van der Waals surface area (Å²) in [6.07, 6.45) is 5.78. The van der Waals surface area contributed by atoms with E-state index in [1.54, 1.807) is 0 Å². The topological polar surface area (TPSA) is 67.9 Å². The van der Waals surface area contributed by atoms with Gasteiger partial charge in [-0.05, 0) is 39.0 Å². The summed E-state index contributed by atoms with van der Waals surface area (Å²) < 4.78 is 11.5. The second-order valence-corrected chi connectivity index (χ2v) is 7.80. The van der Waals surface area contributed by atoms with Gasteiger partial charge in [0, 0.05) is 43.8 Å². The van der Waals surface area contributed by atoms with E-state index in [2.05, 4.69) is 12.2 Å². The molecule has 0 aromatic heterocycles. The molecule has 1 aliphatic carbocycles. The molecule has 1 N–H and O–H groups in total. The van der Waals surface area contributed by atoms with Crippen LogP contribution >= 0.6 is 0 Å². The van der Waals surface area contributed by atoms with Crippen molar-refractivity contribution < 1.29 is 19.1 Å². The molecule has 2 heterocycles. The SMILES string of the molecule is CCC(C)NC(=O)C1CCC(C(=O)N2CCC3(CC2)OCCO3)CC1. The van der Waals surface area contributed by atoms with Crippen molar-refractivity contribution in [2.24, 2.45) is 11.8 Å². The van der Waals surface area contributed by atoms with Gasteiger partial charge in [-0.3, -0.25) is 9.59 Å². The van der Waals surface area contributed by atoms with Gasteiger partial charge in [-0.1, -0.05) is 6.92 Å². The van der Waals surface area contributed by atoms with Crippen LogP contribution in [0.25, 0.3) is 0 Å². The summed E-state index contributed by atoms with van der Waals surface area (Å²) in [5, 5.41) is 3.07. The molecule has 2 aliphatic heterocycles. The maximum Gasteiger partial charge on any atom is 0.225 e. The second kappa shape index (κ2) is 8.04. The molecule has 0 bridgehead atoms. The van der Waals surface area contributed by atoms with Gasteiger partial charge in [-0.25, -0.2) is 0 Å². The maximum absolute atomic E-state index is 12.8. The zero-order chi connectivity index (χ0) is 17.9. The fraction of sp³-hybridized carbons (Fsp3) is 0.895. The van der Waals surface area contributed by atoms with Crippen LogP contribution in [0.2, 0.25) is 0 Å². The lowest BCUT2D eigenvalue weighted by Crippen LogP contribution is -2.49. The molecule has 0 radical (unpaired) electrons. The Kier molecular flexibility index (Phi) is 6.00. The highest BCUT2D eigenvalue weighted by molar-refractivity contribution is 5.81. The van der Waals surface area contributed by atoms with E-state index < -0.39 is 5.79 Å². The zero-order valence-corrected chi connectivity index (χ0v) is 15.6. The smallest absolute Gasteiger partial charge is 0.225 e. The van der Waals surface area contributed by atoms with Gasteiger partial charge in [-0.2, -0.15) is 0 Å². The van der Waals surface area contributed by atoms with Crippen molar-refractivity contribution in [1.82, 2.24) is 10.2 Å².